The first-order valence-electron chi connectivity index (χ1n) is 7.40. The number of carbonyl (C=O) groups excluding carboxylic acids is 1. The van der Waals surface area contributed by atoms with Crippen LogP contribution in [0.3, 0.4) is 0 Å². The zero-order valence-electron chi connectivity index (χ0n) is 12.2. The maximum atomic E-state index is 11.2. The molecule has 0 amide bonds. The fourth-order valence-corrected chi connectivity index (χ4v) is 2.58. The van der Waals surface area contributed by atoms with E-state index >= 15 is 0 Å². The summed E-state index contributed by atoms with van der Waals surface area (Å²) in [5, 5.41) is 0. The predicted molar refractivity (Wildman–Crippen MR) is 77.9 cm³/mol. The summed E-state index contributed by atoms with van der Waals surface area (Å²) in [4.78, 5) is 21.3. The molecule has 0 spiro atoms. The number of rotatable bonds is 10. The molecule has 1 unspecified atom stereocenters. The molecule has 0 radical (unpaired) electrons. The van der Waals surface area contributed by atoms with Crippen molar-refractivity contribution < 1.29 is 19.3 Å². The van der Waals surface area contributed by atoms with Gasteiger partial charge >= 0.3 is 5.97 Å². The third-order valence-corrected chi connectivity index (χ3v) is 3.59. The lowest BCUT2D eigenvalue weighted by Crippen LogP contribution is -2.22. The Morgan fingerprint density at radius 3 is 2.55 bits per heavy atom. The molecule has 1 aliphatic rings. The molecule has 1 fully saturated rings. The summed E-state index contributed by atoms with van der Waals surface area (Å²) in [6.07, 6.45) is 10.3. The van der Waals surface area contributed by atoms with Crippen LogP contribution in [0.25, 0.3) is 0 Å². The third-order valence-electron chi connectivity index (χ3n) is 3.59. The van der Waals surface area contributed by atoms with Crippen LogP contribution in [0.15, 0.2) is 25.3 Å². The Kier molecular flexibility index (Phi) is 9.00. The molecular formula is C16H26O4. The molecule has 0 aromatic rings. The molecule has 0 bridgehead atoms. The van der Waals surface area contributed by atoms with Gasteiger partial charge in [-0.1, -0.05) is 44.8 Å². The van der Waals surface area contributed by atoms with Crippen molar-refractivity contribution in [2.24, 2.45) is 11.8 Å². The third kappa shape index (κ3) is 7.46. The summed E-state index contributed by atoms with van der Waals surface area (Å²) in [5.74, 6) is 0.497. The van der Waals surface area contributed by atoms with E-state index in [1.165, 1.54) is 38.2 Å². The standard InChI is InChI=1S/C16H26O4/c1-3-10-19-20-13-15(12-18-16(17)4-2)11-14-8-6-5-7-9-14/h3-4,14-15H,1-2,5-13H2. The highest BCUT2D eigenvalue weighted by Crippen LogP contribution is 2.29. The topological polar surface area (TPSA) is 44.8 Å². The van der Waals surface area contributed by atoms with Gasteiger partial charge < -0.3 is 4.74 Å². The van der Waals surface area contributed by atoms with Crippen LogP contribution in [0.5, 0.6) is 0 Å². The van der Waals surface area contributed by atoms with E-state index in [0.717, 1.165) is 6.42 Å². The molecule has 0 aromatic heterocycles. The quantitative estimate of drug-likeness (QED) is 0.154. The molecule has 1 aliphatic carbocycles. The minimum atomic E-state index is -0.384. The van der Waals surface area contributed by atoms with Crippen molar-refractivity contribution in [3.8, 4) is 0 Å². The van der Waals surface area contributed by atoms with Gasteiger partial charge in [-0.15, -0.1) is 6.58 Å². The predicted octanol–water partition coefficient (Wildman–Crippen LogP) is 3.44. The Labute approximate surface area is 121 Å². The zero-order valence-corrected chi connectivity index (χ0v) is 12.2. The first kappa shape index (κ1) is 16.9. The van der Waals surface area contributed by atoms with E-state index in [0.29, 0.717) is 25.7 Å². The van der Waals surface area contributed by atoms with Crippen LogP contribution in [0.1, 0.15) is 38.5 Å². The van der Waals surface area contributed by atoms with Gasteiger partial charge in [-0.25, -0.2) is 14.6 Å². The van der Waals surface area contributed by atoms with Crippen LogP contribution in [0, 0.1) is 11.8 Å². The molecular weight excluding hydrogens is 256 g/mol. The fraction of sp³-hybridized carbons (Fsp3) is 0.688. The van der Waals surface area contributed by atoms with Crippen LogP contribution in [-0.2, 0) is 19.3 Å². The Bertz CT molecular complexity index is 295. The summed E-state index contributed by atoms with van der Waals surface area (Å²) in [7, 11) is 0. The SMILES string of the molecule is C=CCOOCC(COC(=O)C=C)CC1CCCCC1. The lowest BCUT2D eigenvalue weighted by atomic mass is 9.83. The molecule has 0 N–H and O–H groups in total. The van der Waals surface area contributed by atoms with Crippen LogP contribution in [0.2, 0.25) is 0 Å². The van der Waals surface area contributed by atoms with Crippen LogP contribution in [0.4, 0.5) is 0 Å². The van der Waals surface area contributed by atoms with E-state index in [9.17, 15) is 4.79 Å². The maximum absolute atomic E-state index is 11.2. The Morgan fingerprint density at radius 2 is 1.90 bits per heavy atom. The molecule has 1 rings (SSSR count). The average Bonchev–Trinajstić information content (AvgIpc) is 2.49. The summed E-state index contributed by atoms with van der Waals surface area (Å²) >= 11 is 0. The first-order chi connectivity index (χ1) is 9.76. The monoisotopic (exact) mass is 282 g/mol. The number of esters is 1. The second-order valence-electron chi connectivity index (χ2n) is 5.30. The molecule has 20 heavy (non-hydrogen) atoms. The lowest BCUT2D eigenvalue weighted by Gasteiger charge is -2.25. The van der Waals surface area contributed by atoms with E-state index in [1.54, 1.807) is 6.08 Å². The number of ether oxygens (including phenoxy) is 1. The normalized spacial score (nSPS) is 17.4. The highest BCUT2D eigenvalue weighted by Gasteiger charge is 2.20. The highest BCUT2D eigenvalue weighted by atomic mass is 17.2. The molecule has 4 nitrogen and oxygen atoms in total. The van der Waals surface area contributed by atoms with Crippen LogP contribution < -0.4 is 0 Å². The second-order valence-corrected chi connectivity index (χ2v) is 5.30. The van der Waals surface area contributed by atoms with E-state index in [2.05, 4.69) is 13.2 Å². The minimum Gasteiger partial charge on any atom is -0.462 e. The van der Waals surface area contributed by atoms with Crippen LogP contribution in [-0.4, -0.2) is 25.8 Å². The largest absolute Gasteiger partial charge is 0.462 e. The highest BCUT2D eigenvalue weighted by molar-refractivity contribution is 5.81. The van der Waals surface area contributed by atoms with Gasteiger partial charge in [-0.3, -0.25) is 0 Å². The van der Waals surface area contributed by atoms with Gasteiger partial charge in [0, 0.05) is 12.0 Å². The van der Waals surface area contributed by atoms with Gasteiger partial charge in [0.05, 0.1) is 13.2 Å². The van der Waals surface area contributed by atoms with Gasteiger partial charge in [0.15, 0.2) is 0 Å². The Morgan fingerprint density at radius 1 is 1.15 bits per heavy atom. The van der Waals surface area contributed by atoms with Crippen LogP contribution >= 0.6 is 0 Å². The van der Waals surface area contributed by atoms with E-state index in [1.807, 2.05) is 0 Å². The van der Waals surface area contributed by atoms with E-state index < -0.39 is 0 Å². The summed E-state index contributed by atoms with van der Waals surface area (Å²) in [6, 6.07) is 0. The minimum absolute atomic E-state index is 0.173. The van der Waals surface area contributed by atoms with Crippen molar-refractivity contribution in [1.29, 1.82) is 0 Å². The molecule has 114 valence electrons. The summed E-state index contributed by atoms with van der Waals surface area (Å²) < 4.78 is 5.14. The van der Waals surface area contributed by atoms with Gasteiger partial charge in [-0.2, -0.15) is 0 Å². The number of hydrogen-bond donors (Lipinski definition) is 0. The lowest BCUT2D eigenvalue weighted by molar-refractivity contribution is -0.295. The van der Waals surface area contributed by atoms with Gasteiger partial charge in [0.1, 0.15) is 6.61 Å². The van der Waals surface area contributed by atoms with Gasteiger partial charge in [0.25, 0.3) is 0 Å². The second kappa shape index (κ2) is 10.6. The number of hydrogen-bond acceptors (Lipinski definition) is 4. The zero-order chi connectivity index (χ0) is 14.6. The molecule has 0 aliphatic heterocycles. The first-order valence-corrected chi connectivity index (χ1v) is 7.40. The summed E-state index contributed by atoms with van der Waals surface area (Å²) in [6.45, 7) is 8.12. The molecule has 1 atom stereocenters. The smallest absolute Gasteiger partial charge is 0.330 e. The molecule has 0 aromatic carbocycles. The molecule has 1 saturated carbocycles. The van der Waals surface area contributed by atoms with E-state index in [-0.39, 0.29) is 11.9 Å². The van der Waals surface area contributed by atoms with Crippen molar-refractivity contribution in [3.05, 3.63) is 25.3 Å². The van der Waals surface area contributed by atoms with Crippen molar-refractivity contribution in [3.63, 3.8) is 0 Å². The fourth-order valence-electron chi connectivity index (χ4n) is 2.58. The Hall–Kier alpha value is -1.13. The maximum Gasteiger partial charge on any atom is 0.330 e. The summed E-state index contributed by atoms with van der Waals surface area (Å²) in [5.41, 5.74) is 0. The van der Waals surface area contributed by atoms with Gasteiger partial charge in [0.2, 0.25) is 0 Å². The molecule has 0 heterocycles. The molecule has 0 saturated heterocycles. The van der Waals surface area contributed by atoms with Crippen molar-refractivity contribution in [2.45, 2.75) is 38.5 Å². The average molecular weight is 282 g/mol. The van der Waals surface area contributed by atoms with Gasteiger partial charge in [-0.05, 0) is 12.3 Å². The van der Waals surface area contributed by atoms with Crippen molar-refractivity contribution in [2.75, 3.05) is 19.8 Å². The number of carbonyl (C=O) groups is 1. The Balaban J connectivity index is 2.33. The van der Waals surface area contributed by atoms with Crippen molar-refractivity contribution >= 4 is 5.97 Å². The molecule has 4 heteroatoms. The van der Waals surface area contributed by atoms with E-state index in [4.69, 9.17) is 14.5 Å². The van der Waals surface area contributed by atoms with Crippen molar-refractivity contribution in [1.82, 2.24) is 0 Å².